The summed E-state index contributed by atoms with van der Waals surface area (Å²) in [7, 11) is 0. The summed E-state index contributed by atoms with van der Waals surface area (Å²) in [6.07, 6.45) is -1.18. The first-order chi connectivity index (χ1) is 16.0. The van der Waals surface area contributed by atoms with Gasteiger partial charge >= 0.3 is 0 Å². The summed E-state index contributed by atoms with van der Waals surface area (Å²) in [6.45, 7) is 6.04. The zero-order valence-electron chi connectivity index (χ0n) is 18.2. The molecule has 0 bridgehead atoms. The van der Waals surface area contributed by atoms with Crippen LogP contribution in [0.5, 0.6) is 0 Å². The third-order valence-electron chi connectivity index (χ3n) is 5.01. The van der Waals surface area contributed by atoms with Crippen LogP contribution in [0.15, 0.2) is 40.8 Å². The molecule has 9 nitrogen and oxygen atoms in total. The van der Waals surface area contributed by atoms with Crippen molar-refractivity contribution >= 4 is 11.8 Å². The molecule has 1 aromatic carbocycles. The minimum atomic E-state index is -1.28. The summed E-state index contributed by atoms with van der Waals surface area (Å²) < 4.78 is 5.74. The number of aliphatic hydroxyl groups excluding tert-OH is 1. The molecular weight excluding hydrogens is 424 g/mol. The lowest BCUT2D eigenvalue weighted by molar-refractivity contribution is -0.133. The van der Waals surface area contributed by atoms with Crippen molar-refractivity contribution in [2.75, 3.05) is 26.2 Å². The van der Waals surface area contributed by atoms with E-state index in [0.29, 0.717) is 11.3 Å². The highest BCUT2D eigenvalue weighted by molar-refractivity contribution is 5.97. The Hall–Kier alpha value is -3.60. The van der Waals surface area contributed by atoms with Crippen LogP contribution in [-0.2, 0) is 11.3 Å². The first-order valence-corrected chi connectivity index (χ1v) is 10.5. The number of piperazine rings is 1. The van der Waals surface area contributed by atoms with Gasteiger partial charge in [-0.15, -0.1) is 0 Å². The SMILES string of the molecule is C[C@@H](O)[C@H](NC(=O)c1ccc(C#CC#Cc2ccc(CN3CCNCC3)o2)cc1)C(=O)NO. The summed E-state index contributed by atoms with van der Waals surface area (Å²) in [5.41, 5.74) is 2.34. The van der Waals surface area contributed by atoms with Crippen LogP contribution in [0.4, 0.5) is 0 Å². The zero-order chi connectivity index (χ0) is 23.6. The molecule has 2 amide bonds. The number of hydrogen-bond acceptors (Lipinski definition) is 7. The number of furan rings is 1. The van der Waals surface area contributed by atoms with Crippen molar-refractivity contribution < 1.29 is 24.3 Å². The smallest absolute Gasteiger partial charge is 0.268 e. The van der Waals surface area contributed by atoms with Gasteiger partial charge < -0.3 is 20.2 Å². The molecule has 1 aromatic heterocycles. The first kappa shape index (κ1) is 24.1. The maximum atomic E-state index is 12.3. The summed E-state index contributed by atoms with van der Waals surface area (Å²) in [5, 5.41) is 24.0. The van der Waals surface area contributed by atoms with Gasteiger partial charge in [-0.3, -0.25) is 19.7 Å². The van der Waals surface area contributed by atoms with E-state index in [9.17, 15) is 14.7 Å². The highest BCUT2D eigenvalue weighted by Gasteiger charge is 2.25. The molecular formula is C24H26N4O5. The van der Waals surface area contributed by atoms with Crippen molar-refractivity contribution in [3.63, 3.8) is 0 Å². The van der Waals surface area contributed by atoms with E-state index in [1.54, 1.807) is 12.1 Å². The molecule has 2 atom stereocenters. The standard InChI is InChI=1S/C24H26N4O5/c1-17(29)22(24(31)27-32)26-23(30)19-8-6-18(7-9-19)4-2-3-5-20-10-11-21(33-20)16-28-14-12-25-13-15-28/h6-11,17,22,25,29,32H,12-16H2,1H3,(H,26,30)(H,27,31)/t17-,22+/m1/s1. The lowest BCUT2D eigenvalue weighted by atomic mass is 10.1. The van der Waals surface area contributed by atoms with Crippen molar-refractivity contribution in [1.82, 2.24) is 21.0 Å². The Kier molecular flexibility index (Phi) is 8.64. The lowest BCUT2D eigenvalue weighted by Crippen LogP contribution is -2.51. The first-order valence-electron chi connectivity index (χ1n) is 10.5. The third-order valence-corrected chi connectivity index (χ3v) is 5.01. The molecule has 0 radical (unpaired) electrons. The van der Waals surface area contributed by atoms with Crippen LogP contribution in [0.1, 0.15) is 34.4 Å². The highest BCUT2D eigenvalue weighted by atomic mass is 16.5. The van der Waals surface area contributed by atoms with Crippen LogP contribution in [-0.4, -0.2) is 65.4 Å². The Morgan fingerprint density at radius 2 is 1.82 bits per heavy atom. The van der Waals surface area contributed by atoms with E-state index in [4.69, 9.17) is 9.62 Å². The van der Waals surface area contributed by atoms with Crippen molar-refractivity contribution in [3.05, 3.63) is 59.0 Å². The van der Waals surface area contributed by atoms with Crippen LogP contribution >= 0.6 is 0 Å². The monoisotopic (exact) mass is 450 g/mol. The molecule has 2 heterocycles. The molecule has 172 valence electrons. The van der Waals surface area contributed by atoms with E-state index in [2.05, 4.69) is 39.2 Å². The van der Waals surface area contributed by atoms with Gasteiger partial charge in [0.1, 0.15) is 11.8 Å². The number of carbonyl (C=O) groups excluding carboxylic acids is 2. The Balaban J connectivity index is 1.55. The number of hydroxylamine groups is 1. The van der Waals surface area contributed by atoms with Gasteiger partial charge in [-0.1, -0.05) is 5.92 Å². The average Bonchev–Trinajstić information content (AvgIpc) is 3.27. The van der Waals surface area contributed by atoms with Gasteiger partial charge in [0.2, 0.25) is 0 Å². The number of hydrogen-bond donors (Lipinski definition) is 5. The van der Waals surface area contributed by atoms with Gasteiger partial charge in [0.05, 0.1) is 12.6 Å². The molecule has 0 saturated carbocycles. The number of nitrogens with zero attached hydrogens (tertiary/aromatic N) is 1. The van der Waals surface area contributed by atoms with E-state index >= 15 is 0 Å². The van der Waals surface area contributed by atoms with Gasteiger partial charge in [0.25, 0.3) is 11.8 Å². The molecule has 33 heavy (non-hydrogen) atoms. The van der Waals surface area contributed by atoms with E-state index in [1.807, 2.05) is 12.1 Å². The summed E-state index contributed by atoms with van der Waals surface area (Å²) >= 11 is 0. The molecule has 0 unspecified atom stereocenters. The van der Waals surface area contributed by atoms with E-state index in [1.165, 1.54) is 24.5 Å². The molecule has 0 spiro atoms. The summed E-state index contributed by atoms with van der Waals surface area (Å²) in [5.74, 6) is 11.2. The quantitative estimate of drug-likeness (QED) is 0.240. The Bertz CT molecular complexity index is 1080. The van der Waals surface area contributed by atoms with Crippen LogP contribution < -0.4 is 16.1 Å². The Morgan fingerprint density at radius 1 is 1.12 bits per heavy atom. The van der Waals surface area contributed by atoms with Crippen LogP contribution in [0.3, 0.4) is 0 Å². The van der Waals surface area contributed by atoms with Gasteiger partial charge in [0, 0.05) is 37.3 Å². The van der Waals surface area contributed by atoms with Gasteiger partial charge in [0.15, 0.2) is 5.76 Å². The van der Waals surface area contributed by atoms with Crippen molar-refractivity contribution in [3.8, 4) is 23.7 Å². The normalized spacial score (nSPS) is 15.2. The minimum absolute atomic E-state index is 0.274. The fraction of sp³-hybridized carbons (Fsp3) is 0.333. The number of benzene rings is 1. The zero-order valence-corrected chi connectivity index (χ0v) is 18.2. The molecule has 2 aromatic rings. The molecule has 1 fully saturated rings. The van der Waals surface area contributed by atoms with Crippen molar-refractivity contribution in [2.45, 2.75) is 25.6 Å². The maximum Gasteiger partial charge on any atom is 0.268 e. The number of carbonyl (C=O) groups is 2. The van der Waals surface area contributed by atoms with Crippen molar-refractivity contribution in [2.24, 2.45) is 0 Å². The second kappa shape index (κ2) is 11.9. The second-order valence-electron chi connectivity index (χ2n) is 7.54. The number of aliphatic hydroxyl groups is 1. The van der Waals surface area contributed by atoms with E-state index in [0.717, 1.165) is 38.5 Å². The molecule has 1 saturated heterocycles. The van der Waals surface area contributed by atoms with E-state index < -0.39 is 24.0 Å². The number of amides is 2. The fourth-order valence-electron chi connectivity index (χ4n) is 3.22. The topological polar surface area (TPSA) is 127 Å². The predicted molar refractivity (Wildman–Crippen MR) is 120 cm³/mol. The van der Waals surface area contributed by atoms with Crippen LogP contribution in [0.2, 0.25) is 0 Å². The molecule has 5 N–H and O–H groups in total. The molecule has 3 rings (SSSR count). The van der Waals surface area contributed by atoms with Gasteiger partial charge in [-0.25, -0.2) is 5.48 Å². The Labute approximate surface area is 192 Å². The maximum absolute atomic E-state index is 12.3. The van der Waals surface area contributed by atoms with Gasteiger partial charge in [-0.2, -0.15) is 0 Å². The number of nitrogens with one attached hydrogen (secondary N) is 3. The molecule has 0 aliphatic carbocycles. The highest BCUT2D eigenvalue weighted by Crippen LogP contribution is 2.10. The van der Waals surface area contributed by atoms with Crippen LogP contribution in [0, 0.1) is 23.7 Å². The average molecular weight is 450 g/mol. The summed E-state index contributed by atoms with van der Waals surface area (Å²) in [6, 6.07) is 8.84. The van der Waals surface area contributed by atoms with E-state index in [-0.39, 0.29) is 5.56 Å². The van der Waals surface area contributed by atoms with Crippen LogP contribution in [0.25, 0.3) is 0 Å². The largest absolute Gasteiger partial charge is 0.451 e. The predicted octanol–water partition coefficient (Wildman–Crippen LogP) is 0.0726. The molecule has 9 heteroatoms. The fourth-order valence-corrected chi connectivity index (χ4v) is 3.22. The minimum Gasteiger partial charge on any atom is -0.451 e. The second-order valence-corrected chi connectivity index (χ2v) is 7.54. The molecule has 1 aliphatic rings. The Morgan fingerprint density at radius 3 is 2.48 bits per heavy atom. The lowest BCUT2D eigenvalue weighted by Gasteiger charge is -2.26. The van der Waals surface area contributed by atoms with Crippen molar-refractivity contribution in [1.29, 1.82) is 0 Å². The summed E-state index contributed by atoms with van der Waals surface area (Å²) in [4.78, 5) is 26.1. The number of rotatable bonds is 6. The third kappa shape index (κ3) is 7.21. The molecule has 1 aliphatic heterocycles. The van der Waals surface area contributed by atoms with Gasteiger partial charge in [-0.05, 0) is 61.1 Å².